The Morgan fingerprint density at radius 3 is 2.48 bits per heavy atom. The number of aromatic nitrogens is 1. The minimum Gasteiger partial charge on any atom is -0.497 e. The molecule has 3 rings (SSSR count). The lowest BCUT2D eigenvalue weighted by atomic mass is 10.1. The van der Waals surface area contributed by atoms with Crippen molar-refractivity contribution in [3.8, 4) is 23.3 Å². The number of nitrogens with one attached hydrogen (secondary N) is 1. The highest BCUT2D eigenvalue weighted by molar-refractivity contribution is 5.85. The van der Waals surface area contributed by atoms with Crippen LogP contribution in [0.1, 0.15) is 5.56 Å². The van der Waals surface area contributed by atoms with Crippen LogP contribution in [0.25, 0.3) is 10.9 Å². The number of hydrogen-bond acceptors (Lipinski definition) is 3. The van der Waals surface area contributed by atoms with Crippen molar-refractivity contribution < 1.29 is 9.47 Å². The maximum Gasteiger partial charge on any atom is 0.128 e. The van der Waals surface area contributed by atoms with Crippen LogP contribution in [0.3, 0.4) is 0 Å². The Kier molecular flexibility index (Phi) is 3.48. The third kappa shape index (κ3) is 2.67. The standard InChI is InChI=1S/C17H14N2O2/c1-20-13-2-4-14(5-3-13)21-15-6-7-17-16(10-15)12(8-9-18)11-19-17/h2-7,10-11,19H,8H2,1H3. The van der Waals surface area contributed by atoms with Gasteiger partial charge in [0.1, 0.15) is 17.2 Å². The summed E-state index contributed by atoms with van der Waals surface area (Å²) in [6, 6.07) is 15.4. The highest BCUT2D eigenvalue weighted by Gasteiger charge is 2.06. The molecule has 0 atom stereocenters. The van der Waals surface area contributed by atoms with E-state index in [2.05, 4.69) is 11.1 Å². The van der Waals surface area contributed by atoms with E-state index in [1.165, 1.54) is 0 Å². The van der Waals surface area contributed by atoms with Crippen LogP contribution in [0, 0.1) is 11.3 Å². The first kappa shape index (κ1) is 13.1. The molecule has 0 fully saturated rings. The molecule has 0 unspecified atom stereocenters. The zero-order chi connectivity index (χ0) is 14.7. The van der Waals surface area contributed by atoms with Crippen LogP contribution in [0.15, 0.2) is 48.7 Å². The summed E-state index contributed by atoms with van der Waals surface area (Å²) in [4.78, 5) is 3.16. The Hall–Kier alpha value is -2.93. The Bertz CT molecular complexity index is 798. The average Bonchev–Trinajstić information content (AvgIpc) is 2.91. The molecular weight excluding hydrogens is 264 g/mol. The fraction of sp³-hybridized carbons (Fsp3) is 0.118. The first-order chi connectivity index (χ1) is 10.3. The zero-order valence-electron chi connectivity index (χ0n) is 11.6. The second-order valence-electron chi connectivity index (χ2n) is 4.63. The molecule has 4 nitrogen and oxygen atoms in total. The number of fused-ring (bicyclic) bond motifs is 1. The lowest BCUT2D eigenvalue weighted by Crippen LogP contribution is -1.86. The molecule has 0 saturated carbocycles. The summed E-state index contributed by atoms with van der Waals surface area (Å²) in [7, 11) is 1.63. The van der Waals surface area contributed by atoms with Gasteiger partial charge in [0.15, 0.2) is 0 Å². The molecule has 0 radical (unpaired) electrons. The molecule has 4 heteroatoms. The van der Waals surface area contributed by atoms with Gasteiger partial charge in [0.25, 0.3) is 0 Å². The minimum atomic E-state index is 0.381. The third-order valence-electron chi connectivity index (χ3n) is 3.30. The van der Waals surface area contributed by atoms with E-state index < -0.39 is 0 Å². The number of hydrogen-bond donors (Lipinski definition) is 1. The number of aromatic amines is 1. The summed E-state index contributed by atoms with van der Waals surface area (Å²) in [5.41, 5.74) is 1.98. The number of nitriles is 1. The summed E-state index contributed by atoms with van der Waals surface area (Å²) in [5, 5.41) is 9.86. The SMILES string of the molecule is COc1ccc(Oc2ccc3[nH]cc(CC#N)c3c2)cc1. The van der Waals surface area contributed by atoms with Gasteiger partial charge in [-0.25, -0.2) is 0 Å². The molecule has 21 heavy (non-hydrogen) atoms. The van der Waals surface area contributed by atoms with Crippen LogP contribution in [-0.2, 0) is 6.42 Å². The molecular formula is C17H14N2O2. The third-order valence-corrected chi connectivity index (χ3v) is 3.30. The molecule has 0 aliphatic carbocycles. The van der Waals surface area contributed by atoms with Crippen molar-refractivity contribution in [3.63, 3.8) is 0 Å². The predicted octanol–water partition coefficient (Wildman–Crippen LogP) is 4.03. The molecule has 0 spiro atoms. The van der Waals surface area contributed by atoms with Crippen molar-refractivity contribution >= 4 is 10.9 Å². The molecule has 0 aliphatic rings. The van der Waals surface area contributed by atoms with Crippen LogP contribution < -0.4 is 9.47 Å². The Morgan fingerprint density at radius 1 is 1.05 bits per heavy atom. The van der Waals surface area contributed by atoms with E-state index in [9.17, 15) is 0 Å². The molecule has 0 saturated heterocycles. The van der Waals surface area contributed by atoms with E-state index in [4.69, 9.17) is 14.7 Å². The first-order valence-corrected chi connectivity index (χ1v) is 6.59. The number of H-pyrrole nitrogens is 1. The van der Waals surface area contributed by atoms with E-state index in [0.717, 1.165) is 33.7 Å². The van der Waals surface area contributed by atoms with Crippen molar-refractivity contribution in [3.05, 3.63) is 54.2 Å². The minimum absolute atomic E-state index is 0.381. The quantitative estimate of drug-likeness (QED) is 0.783. The van der Waals surface area contributed by atoms with E-state index in [-0.39, 0.29) is 0 Å². The lowest BCUT2D eigenvalue weighted by molar-refractivity contribution is 0.413. The van der Waals surface area contributed by atoms with Crippen molar-refractivity contribution in [2.45, 2.75) is 6.42 Å². The largest absolute Gasteiger partial charge is 0.497 e. The number of methoxy groups -OCH3 is 1. The molecule has 1 N–H and O–H groups in total. The normalized spacial score (nSPS) is 10.3. The topological polar surface area (TPSA) is 58.0 Å². The highest BCUT2D eigenvalue weighted by atomic mass is 16.5. The highest BCUT2D eigenvalue weighted by Crippen LogP contribution is 2.28. The van der Waals surface area contributed by atoms with Crippen molar-refractivity contribution in [2.24, 2.45) is 0 Å². The van der Waals surface area contributed by atoms with Crippen molar-refractivity contribution in [1.82, 2.24) is 4.98 Å². The molecule has 104 valence electrons. The fourth-order valence-corrected chi connectivity index (χ4v) is 2.23. The molecule has 2 aromatic carbocycles. The predicted molar refractivity (Wildman–Crippen MR) is 80.7 cm³/mol. The van der Waals surface area contributed by atoms with E-state index in [0.29, 0.717) is 6.42 Å². The van der Waals surface area contributed by atoms with Gasteiger partial charge in [-0.15, -0.1) is 0 Å². The second-order valence-corrected chi connectivity index (χ2v) is 4.63. The molecule has 0 amide bonds. The van der Waals surface area contributed by atoms with Gasteiger partial charge in [-0.1, -0.05) is 0 Å². The smallest absolute Gasteiger partial charge is 0.128 e. The molecule has 0 bridgehead atoms. The van der Waals surface area contributed by atoms with Gasteiger partial charge < -0.3 is 14.5 Å². The summed E-state index contributed by atoms with van der Waals surface area (Å²) < 4.78 is 11.0. The molecule has 0 aliphatic heterocycles. The summed E-state index contributed by atoms with van der Waals surface area (Å²) in [5.74, 6) is 2.28. The Labute approximate surface area is 122 Å². The maximum atomic E-state index is 8.84. The van der Waals surface area contributed by atoms with Crippen LogP contribution >= 0.6 is 0 Å². The summed E-state index contributed by atoms with van der Waals surface area (Å²) >= 11 is 0. The van der Waals surface area contributed by atoms with Gasteiger partial charge in [0, 0.05) is 17.1 Å². The van der Waals surface area contributed by atoms with E-state index in [1.54, 1.807) is 7.11 Å². The molecule has 3 aromatic rings. The molecule has 1 heterocycles. The van der Waals surface area contributed by atoms with E-state index >= 15 is 0 Å². The van der Waals surface area contributed by atoms with Crippen molar-refractivity contribution in [1.29, 1.82) is 5.26 Å². The molecule has 1 aromatic heterocycles. The first-order valence-electron chi connectivity index (χ1n) is 6.59. The number of benzene rings is 2. The second kappa shape index (κ2) is 5.59. The number of rotatable bonds is 4. The van der Waals surface area contributed by atoms with Crippen molar-refractivity contribution in [2.75, 3.05) is 7.11 Å². The van der Waals surface area contributed by atoms with Gasteiger partial charge in [-0.2, -0.15) is 5.26 Å². The van der Waals surface area contributed by atoms with Gasteiger partial charge in [0.05, 0.1) is 19.6 Å². The van der Waals surface area contributed by atoms with Gasteiger partial charge >= 0.3 is 0 Å². The lowest BCUT2D eigenvalue weighted by Gasteiger charge is -2.07. The monoisotopic (exact) mass is 278 g/mol. The van der Waals surface area contributed by atoms with Crippen LogP contribution in [-0.4, -0.2) is 12.1 Å². The maximum absolute atomic E-state index is 8.84. The van der Waals surface area contributed by atoms with Crippen LogP contribution in [0.5, 0.6) is 17.2 Å². The number of ether oxygens (including phenoxy) is 2. The summed E-state index contributed by atoms with van der Waals surface area (Å²) in [6.07, 6.45) is 2.25. The Morgan fingerprint density at radius 2 is 1.76 bits per heavy atom. The fourth-order valence-electron chi connectivity index (χ4n) is 2.23. The number of nitrogens with zero attached hydrogens (tertiary/aromatic N) is 1. The Balaban J connectivity index is 1.89. The van der Waals surface area contributed by atoms with Gasteiger partial charge in [-0.3, -0.25) is 0 Å². The average molecular weight is 278 g/mol. The van der Waals surface area contributed by atoms with Crippen LogP contribution in [0.4, 0.5) is 0 Å². The van der Waals surface area contributed by atoms with E-state index in [1.807, 2.05) is 48.7 Å². The zero-order valence-corrected chi connectivity index (χ0v) is 11.6. The van der Waals surface area contributed by atoms with Gasteiger partial charge in [0.2, 0.25) is 0 Å². The van der Waals surface area contributed by atoms with Gasteiger partial charge in [-0.05, 0) is 48.0 Å². The van der Waals surface area contributed by atoms with Crippen LogP contribution in [0.2, 0.25) is 0 Å². The summed E-state index contributed by atoms with van der Waals surface area (Å²) in [6.45, 7) is 0.